The van der Waals surface area contributed by atoms with Gasteiger partial charge in [0, 0.05) is 12.3 Å². The lowest BCUT2D eigenvalue weighted by atomic mass is 9.89. The first kappa shape index (κ1) is 14.8. The molecule has 1 aromatic rings. The average Bonchev–Trinajstić information content (AvgIpc) is 2.49. The van der Waals surface area contributed by atoms with Crippen molar-refractivity contribution in [3.05, 3.63) is 42.0 Å². The zero-order chi connectivity index (χ0) is 14.2. The Labute approximate surface area is 120 Å². The summed E-state index contributed by atoms with van der Waals surface area (Å²) in [6, 6.07) is 7.60. The zero-order valence-corrected chi connectivity index (χ0v) is 11.8. The third-order valence-corrected chi connectivity index (χ3v) is 3.79. The van der Waals surface area contributed by atoms with E-state index in [0.717, 1.165) is 11.3 Å². The lowest BCUT2D eigenvalue weighted by Crippen LogP contribution is -2.10. The maximum absolute atomic E-state index is 11.8. The number of aliphatic hydroxyl groups is 1. The lowest BCUT2D eigenvalue weighted by molar-refractivity contribution is -0.111. The number of anilines is 1. The van der Waals surface area contributed by atoms with Crippen LogP contribution in [0, 0.1) is 5.92 Å². The maximum Gasteiger partial charge on any atom is 0.248 e. The molecule has 1 aliphatic carbocycles. The van der Waals surface area contributed by atoms with Gasteiger partial charge in [-0.15, -0.1) is 0 Å². The van der Waals surface area contributed by atoms with Crippen LogP contribution in [0.5, 0.6) is 0 Å². The molecule has 1 aliphatic rings. The molecule has 0 radical (unpaired) electrons. The van der Waals surface area contributed by atoms with Gasteiger partial charge < -0.3 is 10.4 Å². The lowest BCUT2D eigenvalue weighted by Gasteiger charge is -2.17. The van der Waals surface area contributed by atoms with Crippen LogP contribution in [0.4, 0.5) is 5.69 Å². The van der Waals surface area contributed by atoms with Crippen LogP contribution in [0.3, 0.4) is 0 Å². The fraction of sp³-hybridized carbons (Fsp3) is 0.471. The van der Waals surface area contributed by atoms with Crippen molar-refractivity contribution in [3.8, 4) is 0 Å². The van der Waals surface area contributed by atoms with E-state index >= 15 is 0 Å². The number of amides is 1. The first-order chi connectivity index (χ1) is 9.78. The van der Waals surface area contributed by atoms with E-state index < -0.39 is 0 Å². The number of rotatable bonds is 5. The molecule has 0 atom stereocenters. The van der Waals surface area contributed by atoms with E-state index in [1.54, 1.807) is 6.08 Å². The van der Waals surface area contributed by atoms with Gasteiger partial charge in [0.05, 0.1) is 0 Å². The highest BCUT2D eigenvalue weighted by Crippen LogP contribution is 2.24. The molecule has 0 aliphatic heterocycles. The standard InChI is InChI=1S/C17H23NO2/c19-13-12-15-6-9-16(10-7-15)18-17(20)11-8-14-4-2-1-3-5-14/h6-11,14,19H,1-5,12-13H2,(H,18,20). The summed E-state index contributed by atoms with van der Waals surface area (Å²) in [5.41, 5.74) is 1.87. The van der Waals surface area contributed by atoms with Crippen molar-refractivity contribution in [3.63, 3.8) is 0 Å². The molecule has 0 saturated heterocycles. The highest BCUT2D eigenvalue weighted by Gasteiger charge is 2.10. The molecule has 1 amide bonds. The molecule has 0 aromatic heterocycles. The molecule has 0 spiro atoms. The molecule has 0 unspecified atom stereocenters. The number of hydrogen-bond donors (Lipinski definition) is 2. The molecule has 1 saturated carbocycles. The Morgan fingerprint density at radius 1 is 1.20 bits per heavy atom. The zero-order valence-electron chi connectivity index (χ0n) is 11.8. The van der Waals surface area contributed by atoms with Gasteiger partial charge in [-0.3, -0.25) is 4.79 Å². The van der Waals surface area contributed by atoms with Gasteiger partial charge in [0.25, 0.3) is 0 Å². The maximum atomic E-state index is 11.8. The van der Waals surface area contributed by atoms with Crippen LogP contribution in [-0.2, 0) is 11.2 Å². The second-order valence-corrected chi connectivity index (χ2v) is 5.42. The molecule has 1 aromatic carbocycles. The quantitative estimate of drug-likeness (QED) is 0.809. The van der Waals surface area contributed by atoms with Gasteiger partial charge in [-0.1, -0.05) is 37.5 Å². The summed E-state index contributed by atoms with van der Waals surface area (Å²) in [4.78, 5) is 11.8. The van der Waals surface area contributed by atoms with E-state index in [9.17, 15) is 4.79 Å². The summed E-state index contributed by atoms with van der Waals surface area (Å²) in [5.74, 6) is 0.506. The monoisotopic (exact) mass is 273 g/mol. The van der Waals surface area contributed by atoms with Crippen LogP contribution in [0.2, 0.25) is 0 Å². The largest absolute Gasteiger partial charge is 0.396 e. The minimum absolute atomic E-state index is 0.0644. The minimum atomic E-state index is -0.0644. The minimum Gasteiger partial charge on any atom is -0.396 e. The molecule has 0 bridgehead atoms. The summed E-state index contributed by atoms with van der Waals surface area (Å²) < 4.78 is 0. The predicted molar refractivity (Wildman–Crippen MR) is 81.6 cm³/mol. The Kier molecular flexibility index (Phi) is 5.81. The van der Waals surface area contributed by atoms with Crippen molar-refractivity contribution in [2.24, 2.45) is 5.92 Å². The van der Waals surface area contributed by atoms with Crippen molar-refractivity contribution in [2.45, 2.75) is 38.5 Å². The average molecular weight is 273 g/mol. The van der Waals surface area contributed by atoms with Crippen molar-refractivity contribution in [1.29, 1.82) is 0 Å². The molecule has 2 N–H and O–H groups in total. The van der Waals surface area contributed by atoms with E-state index in [4.69, 9.17) is 5.11 Å². The van der Waals surface area contributed by atoms with Crippen LogP contribution < -0.4 is 5.32 Å². The molecule has 3 heteroatoms. The molecule has 20 heavy (non-hydrogen) atoms. The fourth-order valence-corrected chi connectivity index (χ4v) is 2.62. The van der Waals surface area contributed by atoms with Crippen LogP contribution in [-0.4, -0.2) is 17.6 Å². The SMILES string of the molecule is O=C(C=CC1CCCCC1)Nc1ccc(CCO)cc1. The van der Waals surface area contributed by atoms with Crippen LogP contribution in [0.1, 0.15) is 37.7 Å². The van der Waals surface area contributed by atoms with Gasteiger partial charge in [-0.2, -0.15) is 0 Å². The second kappa shape index (κ2) is 7.85. The predicted octanol–water partition coefficient (Wildman–Crippen LogP) is 3.30. The smallest absolute Gasteiger partial charge is 0.248 e. The Balaban J connectivity index is 1.82. The Morgan fingerprint density at radius 2 is 1.90 bits per heavy atom. The molecule has 2 rings (SSSR count). The summed E-state index contributed by atoms with van der Waals surface area (Å²) in [5, 5.41) is 11.7. The fourth-order valence-electron chi connectivity index (χ4n) is 2.62. The van der Waals surface area contributed by atoms with E-state index in [-0.39, 0.29) is 12.5 Å². The summed E-state index contributed by atoms with van der Waals surface area (Å²) in [6.45, 7) is 0.149. The Hall–Kier alpha value is -1.61. The second-order valence-electron chi connectivity index (χ2n) is 5.42. The van der Waals surface area contributed by atoms with E-state index in [2.05, 4.69) is 11.4 Å². The Morgan fingerprint density at radius 3 is 2.55 bits per heavy atom. The van der Waals surface area contributed by atoms with Crippen molar-refractivity contribution in [2.75, 3.05) is 11.9 Å². The third kappa shape index (κ3) is 4.82. The summed E-state index contributed by atoms with van der Waals surface area (Å²) in [6.07, 6.45) is 10.7. The number of aliphatic hydroxyl groups excluding tert-OH is 1. The molecule has 0 heterocycles. The number of carbonyl (C=O) groups is 1. The summed E-state index contributed by atoms with van der Waals surface area (Å²) in [7, 11) is 0. The first-order valence-electron chi connectivity index (χ1n) is 7.47. The van der Waals surface area contributed by atoms with Crippen molar-refractivity contribution < 1.29 is 9.90 Å². The van der Waals surface area contributed by atoms with Gasteiger partial charge in [0.15, 0.2) is 0 Å². The normalized spacial score (nSPS) is 16.4. The van der Waals surface area contributed by atoms with Gasteiger partial charge in [0.2, 0.25) is 5.91 Å². The highest BCUT2D eigenvalue weighted by atomic mass is 16.2. The number of allylic oxidation sites excluding steroid dienone is 1. The number of benzene rings is 1. The van der Waals surface area contributed by atoms with Crippen LogP contribution in [0.15, 0.2) is 36.4 Å². The molecule has 3 nitrogen and oxygen atoms in total. The van der Waals surface area contributed by atoms with Gasteiger partial charge in [-0.05, 0) is 49.0 Å². The summed E-state index contributed by atoms with van der Waals surface area (Å²) >= 11 is 0. The van der Waals surface area contributed by atoms with Gasteiger partial charge in [0.1, 0.15) is 0 Å². The van der Waals surface area contributed by atoms with Crippen LogP contribution >= 0.6 is 0 Å². The molecule has 108 valence electrons. The molecule has 1 fully saturated rings. The van der Waals surface area contributed by atoms with Gasteiger partial charge >= 0.3 is 0 Å². The van der Waals surface area contributed by atoms with E-state index in [1.165, 1.54) is 32.1 Å². The number of carbonyl (C=O) groups excluding carboxylic acids is 1. The highest BCUT2D eigenvalue weighted by molar-refractivity contribution is 5.99. The van der Waals surface area contributed by atoms with Crippen molar-refractivity contribution in [1.82, 2.24) is 0 Å². The van der Waals surface area contributed by atoms with E-state index in [0.29, 0.717) is 12.3 Å². The topological polar surface area (TPSA) is 49.3 Å². The number of hydrogen-bond acceptors (Lipinski definition) is 2. The first-order valence-corrected chi connectivity index (χ1v) is 7.47. The van der Waals surface area contributed by atoms with Gasteiger partial charge in [-0.25, -0.2) is 0 Å². The van der Waals surface area contributed by atoms with Crippen molar-refractivity contribution >= 4 is 11.6 Å². The van der Waals surface area contributed by atoms with Crippen LogP contribution in [0.25, 0.3) is 0 Å². The molecular weight excluding hydrogens is 250 g/mol. The third-order valence-electron chi connectivity index (χ3n) is 3.79. The number of nitrogens with one attached hydrogen (secondary N) is 1. The molecular formula is C17H23NO2. The Bertz CT molecular complexity index is 445. The van der Waals surface area contributed by atoms with E-state index in [1.807, 2.05) is 24.3 Å².